The Kier molecular flexibility index (Phi) is 3.23. The van der Waals surface area contributed by atoms with Crippen LogP contribution in [-0.2, 0) is 4.79 Å². The van der Waals surface area contributed by atoms with Gasteiger partial charge in [0.15, 0.2) is 0 Å². The number of imide groups is 1. The van der Waals surface area contributed by atoms with Crippen molar-refractivity contribution in [2.75, 3.05) is 5.75 Å². The van der Waals surface area contributed by atoms with Crippen molar-refractivity contribution in [2.45, 2.75) is 6.29 Å². The number of hydrazine groups is 2. The first-order valence-electron chi connectivity index (χ1n) is 4.51. The van der Waals surface area contributed by atoms with E-state index in [0.717, 1.165) is 16.7 Å². The van der Waals surface area contributed by atoms with Gasteiger partial charge in [0.05, 0.1) is 5.75 Å². The summed E-state index contributed by atoms with van der Waals surface area (Å²) >= 11 is 0.898. The number of thioether (sulfide) groups is 1. The minimum absolute atomic E-state index is 0.0379. The van der Waals surface area contributed by atoms with Gasteiger partial charge in [0.2, 0.25) is 24.1 Å². The highest BCUT2D eigenvalue weighted by Gasteiger charge is 2.36. The standard InChI is InChI=1S/C6H10N8O2S/c7-12-3-9-4(13-8)11-5(10-3)14-2(15)1-17-6(14)16/h3,12H,1,7-8H2,(H2,9,10,11,13). The highest BCUT2D eigenvalue weighted by atomic mass is 32.2. The highest BCUT2D eigenvalue weighted by molar-refractivity contribution is 8.14. The molecule has 7 N–H and O–H groups in total. The molecule has 0 aliphatic carbocycles. The van der Waals surface area contributed by atoms with Gasteiger partial charge in [-0.15, -0.1) is 0 Å². The summed E-state index contributed by atoms with van der Waals surface area (Å²) in [4.78, 5) is 31.7. The van der Waals surface area contributed by atoms with Crippen molar-refractivity contribution in [2.24, 2.45) is 21.7 Å². The van der Waals surface area contributed by atoms with Crippen LogP contribution in [0.5, 0.6) is 0 Å². The van der Waals surface area contributed by atoms with Crippen LogP contribution in [0.25, 0.3) is 0 Å². The van der Waals surface area contributed by atoms with Crippen LogP contribution >= 0.6 is 11.8 Å². The normalized spacial score (nSPS) is 24.4. The molecule has 0 aromatic heterocycles. The minimum atomic E-state index is -0.816. The van der Waals surface area contributed by atoms with E-state index in [1.807, 2.05) is 0 Å². The highest BCUT2D eigenvalue weighted by Crippen LogP contribution is 2.19. The number of carbonyl (C=O) groups excluding carboxylic acids is 2. The van der Waals surface area contributed by atoms with Crippen molar-refractivity contribution in [3.05, 3.63) is 0 Å². The van der Waals surface area contributed by atoms with E-state index in [2.05, 4.69) is 26.2 Å². The fourth-order valence-corrected chi connectivity index (χ4v) is 1.95. The van der Waals surface area contributed by atoms with Crippen molar-refractivity contribution in [1.82, 2.24) is 21.1 Å². The fraction of sp³-hybridized carbons (Fsp3) is 0.333. The molecule has 1 saturated heterocycles. The maximum Gasteiger partial charge on any atom is 0.295 e. The monoisotopic (exact) mass is 258 g/mol. The van der Waals surface area contributed by atoms with Crippen molar-refractivity contribution in [1.29, 1.82) is 0 Å². The lowest BCUT2D eigenvalue weighted by Crippen LogP contribution is -2.56. The third-order valence-corrected chi connectivity index (χ3v) is 2.80. The summed E-state index contributed by atoms with van der Waals surface area (Å²) in [6.45, 7) is 0. The topological polar surface area (TPSA) is 150 Å². The molecule has 17 heavy (non-hydrogen) atoms. The van der Waals surface area contributed by atoms with Crippen LogP contribution in [0.2, 0.25) is 0 Å². The summed E-state index contributed by atoms with van der Waals surface area (Å²) in [7, 11) is 0. The molecule has 2 aliphatic heterocycles. The van der Waals surface area contributed by atoms with E-state index in [0.29, 0.717) is 0 Å². The lowest BCUT2D eigenvalue weighted by molar-refractivity contribution is -0.121. The van der Waals surface area contributed by atoms with Crippen LogP contribution in [0.15, 0.2) is 9.98 Å². The second kappa shape index (κ2) is 4.67. The van der Waals surface area contributed by atoms with Gasteiger partial charge in [-0.2, -0.15) is 0 Å². The zero-order valence-electron chi connectivity index (χ0n) is 8.51. The average Bonchev–Trinajstić information content (AvgIpc) is 2.68. The van der Waals surface area contributed by atoms with Crippen LogP contribution in [0.3, 0.4) is 0 Å². The van der Waals surface area contributed by atoms with Gasteiger partial charge in [0.1, 0.15) is 0 Å². The SMILES string of the molecule is NNC1=NC(NN)N=C(N2C(=O)CSC2=O)N1. The summed E-state index contributed by atoms with van der Waals surface area (Å²) < 4.78 is 0. The van der Waals surface area contributed by atoms with Crippen molar-refractivity contribution >= 4 is 34.8 Å². The smallest absolute Gasteiger partial charge is 0.295 e. The van der Waals surface area contributed by atoms with Crippen LogP contribution in [0.4, 0.5) is 4.79 Å². The second-order valence-electron chi connectivity index (χ2n) is 3.02. The molecule has 1 atom stereocenters. The molecule has 1 fully saturated rings. The number of nitrogens with zero attached hydrogens (tertiary/aromatic N) is 3. The molecular weight excluding hydrogens is 248 g/mol. The van der Waals surface area contributed by atoms with E-state index in [9.17, 15) is 9.59 Å². The molecule has 0 saturated carbocycles. The Labute approximate surface area is 99.8 Å². The molecule has 2 rings (SSSR count). The lowest BCUT2D eigenvalue weighted by Gasteiger charge is -2.23. The van der Waals surface area contributed by atoms with E-state index >= 15 is 0 Å². The molecule has 0 aromatic rings. The third-order valence-electron chi connectivity index (χ3n) is 1.97. The lowest BCUT2D eigenvalue weighted by atomic mass is 10.5. The zero-order chi connectivity index (χ0) is 12.4. The van der Waals surface area contributed by atoms with E-state index in [4.69, 9.17) is 11.7 Å². The fourth-order valence-electron chi connectivity index (χ4n) is 1.26. The summed E-state index contributed by atoms with van der Waals surface area (Å²) in [5.41, 5.74) is 4.54. The van der Waals surface area contributed by atoms with Gasteiger partial charge in [-0.25, -0.2) is 26.2 Å². The number of hydrogen-bond acceptors (Lipinski definition) is 10. The molecular formula is C6H10N8O2S. The molecule has 2 aliphatic rings. The molecule has 0 aromatic carbocycles. The Balaban J connectivity index is 2.23. The predicted octanol–water partition coefficient (Wildman–Crippen LogP) is -2.79. The molecule has 2 amide bonds. The maximum absolute atomic E-state index is 11.5. The molecule has 11 heteroatoms. The van der Waals surface area contributed by atoms with E-state index in [1.165, 1.54) is 0 Å². The van der Waals surface area contributed by atoms with Gasteiger partial charge in [-0.3, -0.25) is 26.2 Å². The summed E-state index contributed by atoms with van der Waals surface area (Å²) in [5.74, 6) is 10.3. The molecule has 0 bridgehead atoms. The first kappa shape index (κ1) is 11.8. The Hall–Kier alpha value is -1.69. The third kappa shape index (κ3) is 2.21. The Morgan fingerprint density at radius 2 is 2.18 bits per heavy atom. The Morgan fingerprint density at radius 3 is 2.71 bits per heavy atom. The first-order valence-corrected chi connectivity index (χ1v) is 5.49. The van der Waals surface area contributed by atoms with Gasteiger partial charge in [0, 0.05) is 0 Å². The zero-order valence-corrected chi connectivity index (χ0v) is 9.32. The largest absolute Gasteiger partial charge is 0.295 e. The summed E-state index contributed by atoms with van der Waals surface area (Å²) in [5, 5.41) is 2.20. The Bertz CT molecular complexity index is 404. The molecule has 92 valence electrons. The van der Waals surface area contributed by atoms with Crippen molar-refractivity contribution in [3.8, 4) is 0 Å². The predicted molar refractivity (Wildman–Crippen MR) is 61.1 cm³/mol. The number of nitrogens with two attached hydrogens (primary N) is 2. The van der Waals surface area contributed by atoms with Crippen molar-refractivity contribution < 1.29 is 9.59 Å². The quantitative estimate of drug-likeness (QED) is 0.250. The van der Waals surface area contributed by atoms with Crippen LogP contribution in [0, 0.1) is 0 Å². The van der Waals surface area contributed by atoms with Crippen LogP contribution in [0.1, 0.15) is 0 Å². The number of carbonyl (C=O) groups is 2. The van der Waals surface area contributed by atoms with Gasteiger partial charge in [-0.1, -0.05) is 11.8 Å². The summed E-state index contributed by atoms with van der Waals surface area (Å²) in [6, 6.07) is 0. The number of guanidine groups is 2. The molecule has 0 spiro atoms. The second-order valence-corrected chi connectivity index (χ2v) is 3.95. The number of rotatable bonds is 1. The molecule has 1 unspecified atom stereocenters. The van der Waals surface area contributed by atoms with Gasteiger partial charge >= 0.3 is 0 Å². The number of amides is 2. The van der Waals surface area contributed by atoms with E-state index in [1.54, 1.807) is 0 Å². The van der Waals surface area contributed by atoms with Crippen LogP contribution < -0.4 is 27.9 Å². The average molecular weight is 258 g/mol. The Morgan fingerprint density at radius 1 is 1.41 bits per heavy atom. The number of aliphatic imine (C=N–C) groups is 2. The number of hydrogen-bond donors (Lipinski definition) is 5. The van der Waals surface area contributed by atoms with Gasteiger partial charge in [0.25, 0.3) is 5.24 Å². The molecule has 2 heterocycles. The van der Waals surface area contributed by atoms with Crippen LogP contribution in [-0.4, -0.2) is 40.0 Å². The van der Waals surface area contributed by atoms with E-state index in [-0.39, 0.29) is 23.6 Å². The number of nitrogens with one attached hydrogen (secondary N) is 3. The van der Waals surface area contributed by atoms with Gasteiger partial charge in [-0.05, 0) is 0 Å². The maximum atomic E-state index is 11.5. The molecule has 10 nitrogen and oxygen atoms in total. The van der Waals surface area contributed by atoms with Gasteiger partial charge < -0.3 is 0 Å². The minimum Gasteiger partial charge on any atom is -0.295 e. The summed E-state index contributed by atoms with van der Waals surface area (Å²) in [6.07, 6.45) is -0.816. The first-order chi connectivity index (χ1) is 8.15. The van der Waals surface area contributed by atoms with E-state index < -0.39 is 11.5 Å². The molecule has 0 radical (unpaired) electrons. The van der Waals surface area contributed by atoms with Crippen molar-refractivity contribution in [3.63, 3.8) is 0 Å².